The second-order valence-corrected chi connectivity index (χ2v) is 8.13. The summed E-state index contributed by atoms with van der Waals surface area (Å²) in [6.45, 7) is 8.89. The van der Waals surface area contributed by atoms with E-state index in [1.54, 1.807) is 0 Å². The summed E-state index contributed by atoms with van der Waals surface area (Å²) in [6, 6.07) is 4.13. The molecule has 0 bridgehead atoms. The van der Waals surface area contributed by atoms with Gasteiger partial charge in [-0.05, 0) is 36.5 Å². The fourth-order valence-corrected chi connectivity index (χ4v) is 3.12. The lowest BCUT2D eigenvalue weighted by Gasteiger charge is -2.13. The molecule has 0 fully saturated rings. The highest BCUT2D eigenvalue weighted by atomic mass is 32.2. The molecule has 130 valence electrons. The van der Waals surface area contributed by atoms with Gasteiger partial charge in [0.2, 0.25) is 10.0 Å². The van der Waals surface area contributed by atoms with Crippen LogP contribution in [-0.2, 0) is 10.0 Å². The molecule has 0 radical (unpaired) electrons. The summed E-state index contributed by atoms with van der Waals surface area (Å²) >= 11 is 0. The average Bonchev–Trinajstić information content (AvgIpc) is 2.44. The summed E-state index contributed by atoms with van der Waals surface area (Å²) in [5.41, 5.74) is 0.391. The zero-order chi connectivity index (χ0) is 17.6. The first-order valence-electron chi connectivity index (χ1n) is 7.74. The Morgan fingerprint density at radius 3 is 2.35 bits per heavy atom. The molecule has 0 unspecified atom stereocenters. The van der Waals surface area contributed by atoms with Gasteiger partial charge in [0, 0.05) is 18.8 Å². The van der Waals surface area contributed by atoms with Crippen LogP contribution in [0.15, 0.2) is 23.1 Å². The topological polar surface area (TPSA) is 95.5 Å². The highest BCUT2D eigenvalue weighted by Crippen LogP contribution is 2.21. The molecule has 0 aliphatic heterocycles. The number of benzene rings is 1. The standard InChI is InChI=1S/C16H26N2O4S/c1-11(2)7-8-17-15-6-5-13(9-14(15)16(19)20)23(21,22)18-10-12(3)4/h5-6,9,11-12,17-18H,7-8,10H2,1-4H3,(H,19,20). The van der Waals surface area contributed by atoms with Crippen molar-refractivity contribution in [2.75, 3.05) is 18.4 Å². The van der Waals surface area contributed by atoms with Gasteiger partial charge in [-0.1, -0.05) is 27.7 Å². The van der Waals surface area contributed by atoms with E-state index in [9.17, 15) is 18.3 Å². The molecule has 0 saturated carbocycles. The van der Waals surface area contributed by atoms with Crippen molar-refractivity contribution in [1.82, 2.24) is 4.72 Å². The van der Waals surface area contributed by atoms with Crippen LogP contribution in [0.5, 0.6) is 0 Å². The summed E-state index contributed by atoms with van der Waals surface area (Å²) in [7, 11) is -3.70. The molecule has 6 nitrogen and oxygen atoms in total. The van der Waals surface area contributed by atoms with Gasteiger partial charge in [-0.25, -0.2) is 17.9 Å². The SMILES string of the molecule is CC(C)CCNc1ccc(S(=O)(=O)NCC(C)C)cc1C(=O)O. The molecule has 0 aliphatic rings. The van der Waals surface area contributed by atoms with E-state index in [1.807, 2.05) is 13.8 Å². The summed E-state index contributed by atoms with van der Waals surface area (Å²) in [6.07, 6.45) is 0.898. The van der Waals surface area contributed by atoms with Crippen molar-refractivity contribution in [3.05, 3.63) is 23.8 Å². The molecule has 23 heavy (non-hydrogen) atoms. The number of carboxylic acid groups (broad SMARTS) is 1. The van der Waals surface area contributed by atoms with Crippen LogP contribution in [0.3, 0.4) is 0 Å². The van der Waals surface area contributed by atoms with Crippen LogP contribution in [0.25, 0.3) is 0 Å². The largest absolute Gasteiger partial charge is 0.478 e. The number of carbonyl (C=O) groups is 1. The van der Waals surface area contributed by atoms with E-state index in [4.69, 9.17) is 0 Å². The van der Waals surface area contributed by atoms with E-state index in [1.165, 1.54) is 18.2 Å². The molecule has 0 aliphatic carbocycles. The Kier molecular flexibility index (Phi) is 7.02. The lowest BCUT2D eigenvalue weighted by molar-refractivity contribution is 0.0697. The summed E-state index contributed by atoms with van der Waals surface area (Å²) in [5.74, 6) is -0.491. The van der Waals surface area contributed by atoms with Gasteiger partial charge in [0.1, 0.15) is 0 Å². The number of rotatable bonds is 9. The maximum Gasteiger partial charge on any atom is 0.337 e. The van der Waals surface area contributed by atoms with Crippen molar-refractivity contribution in [1.29, 1.82) is 0 Å². The number of aromatic carboxylic acids is 1. The fourth-order valence-electron chi connectivity index (χ4n) is 1.88. The van der Waals surface area contributed by atoms with Crippen molar-refractivity contribution in [3.63, 3.8) is 0 Å². The Bertz CT molecular complexity index is 639. The normalized spacial score (nSPS) is 11.9. The predicted octanol–water partition coefficient (Wildman–Crippen LogP) is 2.78. The number of anilines is 1. The van der Waals surface area contributed by atoms with Crippen LogP contribution in [0.4, 0.5) is 5.69 Å². The molecule has 7 heteroatoms. The van der Waals surface area contributed by atoms with Crippen molar-refractivity contribution in [3.8, 4) is 0 Å². The average molecular weight is 342 g/mol. The van der Waals surface area contributed by atoms with E-state index in [0.717, 1.165) is 6.42 Å². The van der Waals surface area contributed by atoms with E-state index in [-0.39, 0.29) is 16.4 Å². The Hall–Kier alpha value is -1.60. The molecule has 1 rings (SSSR count). The Morgan fingerprint density at radius 1 is 1.17 bits per heavy atom. The molecule has 1 aromatic rings. The van der Waals surface area contributed by atoms with Gasteiger partial charge in [-0.2, -0.15) is 0 Å². The molecule has 0 spiro atoms. The quantitative estimate of drug-likeness (QED) is 0.641. The third kappa shape index (κ3) is 6.19. The van der Waals surface area contributed by atoms with Crippen molar-refractivity contribution < 1.29 is 18.3 Å². The Labute approximate surface area is 138 Å². The molecular weight excluding hydrogens is 316 g/mol. The molecule has 0 heterocycles. The van der Waals surface area contributed by atoms with Crippen LogP contribution in [-0.4, -0.2) is 32.6 Å². The lowest BCUT2D eigenvalue weighted by Crippen LogP contribution is -2.27. The van der Waals surface area contributed by atoms with Crippen LogP contribution in [0.1, 0.15) is 44.5 Å². The maximum atomic E-state index is 12.2. The molecular formula is C16H26N2O4S. The Morgan fingerprint density at radius 2 is 1.83 bits per heavy atom. The minimum absolute atomic E-state index is 0.0371. The van der Waals surface area contributed by atoms with Crippen LogP contribution in [0, 0.1) is 11.8 Å². The fraction of sp³-hybridized carbons (Fsp3) is 0.562. The van der Waals surface area contributed by atoms with Crippen LogP contribution in [0.2, 0.25) is 0 Å². The highest BCUT2D eigenvalue weighted by Gasteiger charge is 2.19. The minimum Gasteiger partial charge on any atom is -0.478 e. The minimum atomic E-state index is -3.70. The maximum absolute atomic E-state index is 12.2. The second kappa shape index (κ2) is 8.31. The van der Waals surface area contributed by atoms with E-state index >= 15 is 0 Å². The van der Waals surface area contributed by atoms with E-state index in [2.05, 4.69) is 23.9 Å². The zero-order valence-electron chi connectivity index (χ0n) is 14.1. The third-order valence-corrected chi connectivity index (χ3v) is 4.67. The van der Waals surface area contributed by atoms with Crippen molar-refractivity contribution >= 4 is 21.7 Å². The molecule has 3 N–H and O–H groups in total. The van der Waals surface area contributed by atoms with Crippen LogP contribution >= 0.6 is 0 Å². The first-order chi connectivity index (χ1) is 10.6. The van der Waals surface area contributed by atoms with Gasteiger partial charge in [0.05, 0.1) is 10.5 Å². The molecule has 0 aromatic heterocycles. The number of nitrogens with one attached hydrogen (secondary N) is 2. The lowest BCUT2D eigenvalue weighted by atomic mass is 10.1. The third-order valence-electron chi connectivity index (χ3n) is 3.25. The number of sulfonamides is 1. The number of hydrogen-bond acceptors (Lipinski definition) is 4. The van der Waals surface area contributed by atoms with Crippen molar-refractivity contribution in [2.24, 2.45) is 11.8 Å². The smallest absolute Gasteiger partial charge is 0.337 e. The first kappa shape index (κ1) is 19.4. The molecule has 1 aromatic carbocycles. The van der Waals surface area contributed by atoms with Crippen molar-refractivity contribution in [2.45, 2.75) is 39.0 Å². The van der Waals surface area contributed by atoms with Gasteiger partial charge in [-0.15, -0.1) is 0 Å². The first-order valence-corrected chi connectivity index (χ1v) is 9.22. The van der Waals surface area contributed by atoms with Gasteiger partial charge in [0.15, 0.2) is 0 Å². The summed E-state index contributed by atoms with van der Waals surface area (Å²) < 4.78 is 26.9. The van der Waals surface area contributed by atoms with Gasteiger partial charge in [-0.3, -0.25) is 0 Å². The van der Waals surface area contributed by atoms with Gasteiger partial charge >= 0.3 is 5.97 Å². The van der Waals surface area contributed by atoms with E-state index in [0.29, 0.717) is 24.7 Å². The van der Waals surface area contributed by atoms with E-state index < -0.39 is 16.0 Å². The monoisotopic (exact) mass is 342 g/mol. The molecule has 0 amide bonds. The molecule has 0 atom stereocenters. The van der Waals surface area contributed by atoms with Crippen LogP contribution < -0.4 is 10.0 Å². The zero-order valence-corrected chi connectivity index (χ0v) is 14.9. The van der Waals surface area contributed by atoms with Gasteiger partial charge < -0.3 is 10.4 Å². The summed E-state index contributed by atoms with van der Waals surface area (Å²) in [5, 5.41) is 12.4. The van der Waals surface area contributed by atoms with Gasteiger partial charge in [0.25, 0.3) is 0 Å². The molecule has 0 saturated heterocycles. The second-order valence-electron chi connectivity index (χ2n) is 6.37. The number of hydrogen-bond donors (Lipinski definition) is 3. The summed E-state index contributed by atoms with van der Waals surface area (Å²) in [4.78, 5) is 11.4. The Balaban J connectivity index is 3.01. The number of carboxylic acids is 1. The predicted molar refractivity (Wildman–Crippen MR) is 91.4 cm³/mol. The highest BCUT2D eigenvalue weighted by molar-refractivity contribution is 7.89.